The molecule has 0 aliphatic carbocycles. The van der Waals surface area contributed by atoms with Crippen LogP contribution in [0, 0.1) is 0 Å². The van der Waals surface area contributed by atoms with E-state index in [4.69, 9.17) is 4.74 Å². The summed E-state index contributed by atoms with van der Waals surface area (Å²) in [6.07, 6.45) is 1.40. The Morgan fingerprint density at radius 3 is 2.06 bits per heavy atom. The Bertz CT molecular complexity index is 1260. The van der Waals surface area contributed by atoms with Gasteiger partial charge in [-0.1, -0.05) is 48.5 Å². The van der Waals surface area contributed by atoms with Crippen molar-refractivity contribution in [3.05, 3.63) is 95.9 Å². The van der Waals surface area contributed by atoms with Gasteiger partial charge in [-0.2, -0.15) is 10.2 Å². The number of sulfonamides is 1. The Hall–Kier alpha value is -4.15. The van der Waals surface area contributed by atoms with Crippen LogP contribution in [0.25, 0.3) is 6.08 Å². The Labute approximate surface area is 197 Å². The molecule has 3 rings (SSSR count). The van der Waals surface area contributed by atoms with Gasteiger partial charge in [0.25, 0.3) is 5.91 Å². The molecule has 0 aliphatic rings. The summed E-state index contributed by atoms with van der Waals surface area (Å²) in [5.41, 5.74) is 2.49. The fraction of sp³-hybridized carbons (Fsp3) is 0.0833. The summed E-state index contributed by atoms with van der Waals surface area (Å²) in [7, 11) is -3.84. The molecule has 174 valence electrons. The van der Waals surface area contributed by atoms with Crippen LogP contribution in [0.2, 0.25) is 0 Å². The van der Waals surface area contributed by atoms with Crippen molar-refractivity contribution < 1.29 is 22.7 Å². The standard InChI is InChI=1S/C24H22N4O5S/c29-23(26-20-11-13-22(14-12-20)28-27-21-9-5-2-6-10-21)18-33-24(30)17-25-34(31,32)16-15-19-7-3-1-4-8-19/h1-16,25H,17-18H2,(H,26,29). The number of esters is 1. The number of benzene rings is 3. The predicted octanol–water partition coefficient (Wildman–Crippen LogP) is 4.17. The van der Waals surface area contributed by atoms with Crippen LogP contribution in [-0.2, 0) is 24.3 Å². The molecular formula is C24H22N4O5S. The molecule has 10 heteroatoms. The van der Waals surface area contributed by atoms with Gasteiger partial charge < -0.3 is 10.1 Å². The van der Waals surface area contributed by atoms with Crippen molar-refractivity contribution in [1.82, 2.24) is 4.72 Å². The van der Waals surface area contributed by atoms with Gasteiger partial charge in [0.15, 0.2) is 6.61 Å². The molecule has 0 radical (unpaired) electrons. The highest BCUT2D eigenvalue weighted by atomic mass is 32.2. The lowest BCUT2D eigenvalue weighted by Gasteiger charge is -2.07. The van der Waals surface area contributed by atoms with Gasteiger partial charge in [-0.3, -0.25) is 9.59 Å². The maximum absolute atomic E-state index is 12.0. The molecule has 0 fully saturated rings. The van der Waals surface area contributed by atoms with Gasteiger partial charge in [0.2, 0.25) is 10.0 Å². The van der Waals surface area contributed by atoms with Crippen LogP contribution < -0.4 is 10.0 Å². The molecule has 0 atom stereocenters. The summed E-state index contributed by atoms with van der Waals surface area (Å²) in [5, 5.41) is 11.7. The highest BCUT2D eigenvalue weighted by Crippen LogP contribution is 2.20. The van der Waals surface area contributed by atoms with Gasteiger partial charge in [0.1, 0.15) is 6.54 Å². The van der Waals surface area contributed by atoms with E-state index in [1.807, 2.05) is 36.4 Å². The van der Waals surface area contributed by atoms with Crippen LogP contribution >= 0.6 is 0 Å². The van der Waals surface area contributed by atoms with Crippen molar-refractivity contribution >= 4 is 45.0 Å². The molecule has 9 nitrogen and oxygen atoms in total. The average Bonchev–Trinajstić information content (AvgIpc) is 2.86. The zero-order valence-electron chi connectivity index (χ0n) is 18.0. The summed E-state index contributed by atoms with van der Waals surface area (Å²) in [4.78, 5) is 23.8. The van der Waals surface area contributed by atoms with Crippen molar-refractivity contribution in [2.45, 2.75) is 0 Å². The lowest BCUT2D eigenvalue weighted by Crippen LogP contribution is -2.31. The predicted molar refractivity (Wildman–Crippen MR) is 129 cm³/mol. The Balaban J connectivity index is 1.40. The molecule has 0 bridgehead atoms. The summed E-state index contributed by atoms with van der Waals surface area (Å²) in [5.74, 6) is -1.46. The first-order valence-corrected chi connectivity index (χ1v) is 11.7. The number of rotatable bonds is 10. The lowest BCUT2D eigenvalue weighted by atomic mass is 10.2. The van der Waals surface area contributed by atoms with E-state index in [0.29, 0.717) is 16.9 Å². The summed E-state index contributed by atoms with van der Waals surface area (Å²) >= 11 is 0. The van der Waals surface area contributed by atoms with Crippen LogP contribution in [0.5, 0.6) is 0 Å². The Morgan fingerprint density at radius 1 is 0.824 bits per heavy atom. The van der Waals surface area contributed by atoms with Gasteiger partial charge in [0.05, 0.1) is 11.4 Å². The van der Waals surface area contributed by atoms with Crippen molar-refractivity contribution in [3.63, 3.8) is 0 Å². The summed E-state index contributed by atoms with van der Waals surface area (Å²) < 4.78 is 30.8. The fourth-order valence-electron chi connectivity index (χ4n) is 2.56. The molecule has 3 aromatic carbocycles. The van der Waals surface area contributed by atoms with Crippen molar-refractivity contribution in [1.29, 1.82) is 0 Å². The molecule has 0 aromatic heterocycles. The first-order valence-electron chi connectivity index (χ1n) is 10.1. The fourth-order valence-corrected chi connectivity index (χ4v) is 3.31. The number of hydrogen-bond donors (Lipinski definition) is 2. The highest BCUT2D eigenvalue weighted by Gasteiger charge is 2.12. The SMILES string of the molecule is O=C(COC(=O)CNS(=O)(=O)C=Cc1ccccc1)Nc1ccc(N=Nc2ccccc2)cc1. The maximum atomic E-state index is 12.0. The van der Waals surface area contributed by atoms with E-state index >= 15 is 0 Å². The minimum absolute atomic E-state index is 0.478. The van der Waals surface area contributed by atoms with Gasteiger partial charge in [0, 0.05) is 11.1 Å². The number of nitrogens with one attached hydrogen (secondary N) is 2. The van der Waals surface area contributed by atoms with E-state index in [-0.39, 0.29) is 0 Å². The van der Waals surface area contributed by atoms with Gasteiger partial charge in [-0.25, -0.2) is 13.1 Å². The number of amides is 1. The molecule has 0 heterocycles. The topological polar surface area (TPSA) is 126 Å². The number of azo groups is 1. The smallest absolute Gasteiger partial charge is 0.321 e. The van der Waals surface area contributed by atoms with Crippen molar-refractivity contribution in [2.24, 2.45) is 10.2 Å². The quantitative estimate of drug-likeness (QED) is 0.334. The Kier molecular flexibility index (Phi) is 8.78. The second-order valence-electron chi connectivity index (χ2n) is 6.87. The monoisotopic (exact) mass is 478 g/mol. The third-order valence-electron chi connectivity index (χ3n) is 4.21. The van der Waals surface area contributed by atoms with Crippen LogP contribution in [0.15, 0.2) is 101 Å². The molecule has 34 heavy (non-hydrogen) atoms. The van der Waals surface area contributed by atoms with Gasteiger partial charge >= 0.3 is 5.97 Å². The lowest BCUT2D eigenvalue weighted by molar-refractivity contribution is -0.146. The molecule has 0 saturated heterocycles. The summed E-state index contributed by atoms with van der Waals surface area (Å²) in [6, 6.07) is 24.7. The van der Waals surface area contributed by atoms with Crippen LogP contribution in [0.4, 0.5) is 17.1 Å². The van der Waals surface area contributed by atoms with Crippen molar-refractivity contribution in [2.75, 3.05) is 18.5 Å². The Morgan fingerprint density at radius 2 is 1.41 bits per heavy atom. The van der Waals surface area contributed by atoms with E-state index in [9.17, 15) is 18.0 Å². The normalized spacial score (nSPS) is 11.5. The van der Waals surface area contributed by atoms with Crippen LogP contribution in [-0.4, -0.2) is 33.4 Å². The number of carbonyl (C=O) groups is 2. The average molecular weight is 479 g/mol. The van der Waals surface area contributed by atoms with Crippen LogP contribution in [0.1, 0.15) is 5.56 Å². The zero-order valence-corrected chi connectivity index (χ0v) is 18.8. The molecule has 0 spiro atoms. The number of anilines is 1. The maximum Gasteiger partial charge on any atom is 0.321 e. The van der Waals surface area contributed by atoms with Crippen LogP contribution in [0.3, 0.4) is 0 Å². The van der Waals surface area contributed by atoms with Gasteiger partial charge in [-0.05, 0) is 48.0 Å². The van der Waals surface area contributed by atoms with E-state index in [0.717, 1.165) is 11.1 Å². The second-order valence-corrected chi connectivity index (χ2v) is 8.52. The molecule has 1 amide bonds. The first kappa shape index (κ1) is 24.5. The summed E-state index contributed by atoms with van der Waals surface area (Å²) in [6.45, 7) is -1.16. The molecular weight excluding hydrogens is 456 g/mol. The molecule has 0 aliphatic heterocycles. The molecule has 2 N–H and O–H groups in total. The first-order chi connectivity index (χ1) is 16.4. The third kappa shape index (κ3) is 8.77. The number of ether oxygens (including phenoxy) is 1. The van der Waals surface area contributed by atoms with Gasteiger partial charge in [-0.15, -0.1) is 0 Å². The largest absolute Gasteiger partial charge is 0.455 e. The zero-order chi connectivity index (χ0) is 24.2. The second kappa shape index (κ2) is 12.2. The van der Waals surface area contributed by atoms with E-state index in [1.54, 1.807) is 48.5 Å². The molecule has 0 saturated carbocycles. The molecule has 3 aromatic rings. The third-order valence-corrected chi connectivity index (χ3v) is 5.25. The van der Waals surface area contributed by atoms with E-state index in [1.165, 1.54) is 6.08 Å². The number of carbonyl (C=O) groups excluding carboxylic acids is 2. The number of hydrogen-bond acceptors (Lipinski definition) is 7. The minimum Gasteiger partial charge on any atom is -0.455 e. The van der Waals surface area contributed by atoms with E-state index < -0.39 is 35.1 Å². The van der Waals surface area contributed by atoms with E-state index in [2.05, 4.69) is 20.3 Å². The minimum atomic E-state index is -3.84. The molecule has 0 unspecified atom stereocenters. The highest BCUT2D eigenvalue weighted by molar-refractivity contribution is 7.92. The van der Waals surface area contributed by atoms with Crippen molar-refractivity contribution in [3.8, 4) is 0 Å². The number of nitrogens with zero attached hydrogens (tertiary/aromatic N) is 2.